The molecule has 1 amide bonds. The minimum absolute atomic E-state index is 0.0327. The number of aromatic hydroxyl groups is 1. The van der Waals surface area contributed by atoms with Crippen molar-refractivity contribution in [1.29, 1.82) is 5.41 Å². The van der Waals surface area contributed by atoms with E-state index in [-0.39, 0.29) is 30.6 Å². The molecule has 2 atom stereocenters. The number of methoxy groups -OCH3 is 1. The summed E-state index contributed by atoms with van der Waals surface area (Å²) in [6.45, 7) is 6.67. The third-order valence-electron chi connectivity index (χ3n) is 8.68. The molecule has 2 aliphatic heterocycles. The number of fused-ring (bicyclic) bond motifs is 6. The summed E-state index contributed by atoms with van der Waals surface area (Å²) in [5.41, 5.74) is 9.37. The molecule has 0 saturated carbocycles. The molecule has 10 heteroatoms. The highest BCUT2D eigenvalue weighted by atomic mass is 16.5. The Labute approximate surface area is 262 Å². The second-order valence-corrected chi connectivity index (χ2v) is 12.8. The van der Waals surface area contributed by atoms with Crippen LogP contribution in [0.25, 0.3) is 33.3 Å². The molecule has 0 spiro atoms. The number of esters is 1. The topological polar surface area (TPSA) is 141 Å². The van der Waals surface area contributed by atoms with Crippen molar-refractivity contribution in [3.63, 3.8) is 0 Å². The van der Waals surface area contributed by atoms with Crippen LogP contribution in [0.1, 0.15) is 56.5 Å². The van der Waals surface area contributed by atoms with E-state index in [1.54, 1.807) is 25.4 Å². The average molecular weight is 610 g/mol. The van der Waals surface area contributed by atoms with E-state index in [4.69, 9.17) is 14.9 Å². The number of amides is 1. The predicted molar refractivity (Wildman–Crippen MR) is 172 cm³/mol. The van der Waals surface area contributed by atoms with Crippen LogP contribution >= 0.6 is 0 Å². The second kappa shape index (κ2) is 12.1. The molecule has 1 unspecified atom stereocenters. The minimum Gasteiger partial charge on any atom is -0.508 e. The molecule has 6 bridgehead atoms. The summed E-state index contributed by atoms with van der Waals surface area (Å²) in [4.78, 5) is 34.7. The van der Waals surface area contributed by atoms with Gasteiger partial charge < -0.3 is 19.6 Å². The first kappa shape index (κ1) is 30.5. The molecule has 6 rings (SSSR count). The van der Waals surface area contributed by atoms with Crippen molar-refractivity contribution in [2.24, 2.45) is 5.41 Å². The van der Waals surface area contributed by atoms with Gasteiger partial charge in [-0.15, -0.1) is 0 Å². The Kier molecular flexibility index (Phi) is 8.20. The molecule has 2 aromatic heterocycles. The van der Waals surface area contributed by atoms with E-state index in [0.29, 0.717) is 31.4 Å². The summed E-state index contributed by atoms with van der Waals surface area (Å²) in [5, 5.41) is 21.6. The maximum absolute atomic E-state index is 13.2. The summed E-state index contributed by atoms with van der Waals surface area (Å²) in [6, 6.07) is 14.6. The summed E-state index contributed by atoms with van der Waals surface area (Å²) in [7, 11) is 1.67. The SMILES string of the molecule is CO[C@@H](C)c1ncccc1-c1[nH]c2ccc3cc2c1CC(C)(C)COC(=O)C1CCCN(N1)C(=O)C(=N)Cc1cc(O)cc-3c1. The molecule has 0 radical (unpaired) electrons. The Balaban J connectivity index is 1.52. The lowest BCUT2D eigenvalue weighted by molar-refractivity contribution is -0.153. The lowest BCUT2D eigenvalue weighted by atomic mass is 9.84. The van der Waals surface area contributed by atoms with Crippen LogP contribution in [-0.4, -0.2) is 64.0 Å². The highest BCUT2D eigenvalue weighted by molar-refractivity contribution is 6.37. The van der Waals surface area contributed by atoms with E-state index in [9.17, 15) is 14.7 Å². The van der Waals surface area contributed by atoms with Gasteiger partial charge in [0.25, 0.3) is 5.91 Å². The molecule has 2 aliphatic rings. The number of carbonyl (C=O) groups is 2. The largest absolute Gasteiger partial charge is 0.508 e. The molecule has 234 valence electrons. The highest BCUT2D eigenvalue weighted by Crippen LogP contribution is 2.40. The van der Waals surface area contributed by atoms with Gasteiger partial charge in [-0.3, -0.25) is 25.0 Å². The molecule has 4 N–H and O–H groups in total. The molecule has 1 saturated heterocycles. The fourth-order valence-corrected chi connectivity index (χ4v) is 6.29. The summed E-state index contributed by atoms with van der Waals surface area (Å²) >= 11 is 0. The number of ether oxygens (including phenoxy) is 2. The molecule has 4 heterocycles. The smallest absolute Gasteiger partial charge is 0.324 e. The van der Waals surface area contributed by atoms with Crippen molar-refractivity contribution < 1.29 is 24.2 Å². The quantitative estimate of drug-likeness (QED) is 0.225. The van der Waals surface area contributed by atoms with Crippen LogP contribution in [0, 0.1) is 10.8 Å². The molecular formula is C35H39N5O5. The fraction of sp³-hybridized carbons (Fsp3) is 0.371. The van der Waals surface area contributed by atoms with Gasteiger partial charge in [0.05, 0.1) is 24.1 Å². The molecule has 0 aliphatic carbocycles. The third kappa shape index (κ3) is 6.21. The van der Waals surface area contributed by atoms with Crippen molar-refractivity contribution in [3.8, 4) is 28.1 Å². The number of aromatic amines is 1. The average Bonchev–Trinajstić information content (AvgIpc) is 3.38. The van der Waals surface area contributed by atoms with Crippen molar-refractivity contribution in [2.45, 2.75) is 58.6 Å². The molecule has 1 fully saturated rings. The monoisotopic (exact) mass is 609 g/mol. The van der Waals surface area contributed by atoms with Gasteiger partial charge >= 0.3 is 5.97 Å². The first-order valence-corrected chi connectivity index (χ1v) is 15.3. The van der Waals surface area contributed by atoms with E-state index in [2.05, 4.69) is 35.3 Å². The minimum atomic E-state index is -0.683. The molecule has 2 aromatic carbocycles. The molecule has 4 aromatic rings. The van der Waals surface area contributed by atoms with Crippen LogP contribution in [-0.2, 0) is 31.9 Å². The second-order valence-electron chi connectivity index (χ2n) is 12.8. The van der Waals surface area contributed by atoms with E-state index < -0.39 is 23.3 Å². The van der Waals surface area contributed by atoms with Crippen molar-refractivity contribution >= 4 is 28.5 Å². The number of phenolic OH excluding ortho intramolecular Hbond substituents is 1. The number of nitrogens with one attached hydrogen (secondary N) is 3. The van der Waals surface area contributed by atoms with Gasteiger partial charge in [0, 0.05) is 48.2 Å². The summed E-state index contributed by atoms with van der Waals surface area (Å²) in [5.74, 6) is -0.862. The zero-order valence-corrected chi connectivity index (χ0v) is 26.1. The number of phenols is 1. The number of cyclic esters (lactones) is 1. The van der Waals surface area contributed by atoms with Crippen molar-refractivity contribution in [1.82, 2.24) is 20.4 Å². The Bertz CT molecular complexity index is 1790. The number of nitrogens with zero attached hydrogens (tertiary/aromatic N) is 2. The van der Waals surface area contributed by atoms with Gasteiger partial charge in [-0.05, 0) is 84.8 Å². The number of hydrazine groups is 1. The summed E-state index contributed by atoms with van der Waals surface area (Å²) in [6.07, 6.45) is 3.29. The zero-order valence-electron chi connectivity index (χ0n) is 26.1. The standard InChI is InChI=1S/C35H39N5O5/c1-20(44-4)31-25(7-5-11-37-31)32-27-18-35(2,3)19-45-34(43)30-8-6-12-40(39-30)33(42)28(36)15-21-13-23(16-24(41)14-21)22-9-10-29(38-32)26(27)17-22/h5,7,9-11,13-14,16-17,20,30,36,38-39,41H,6,8,12,15,18-19H2,1-4H3/t20-,30?/m0/s1. The molecule has 45 heavy (non-hydrogen) atoms. The number of aromatic nitrogens is 2. The van der Waals surface area contributed by atoms with E-state index in [1.807, 2.05) is 37.3 Å². The number of hydrogen-bond acceptors (Lipinski definition) is 8. The number of benzene rings is 2. The van der Waals surface area contributed by atoms with Gasteiger partial charge in [0.2, 0.25) is 0 Å². The van der Waals surface area contributed by atoms with Gasteiger partial charge in [-0.2, -0.15) is 0 Å². The maximum atomic E-state index is 13.2. The first-order chi connectivity index (χ1) is 21.5. The van der Waals surface area contributed by atoms with E-state index in [0.717, 1.165) is 44.5 Å². The van der Waals surface area contributed by atoms with Gasteiger partial charge in [-0.25, -0.2) is 5.43 Å². The van der Waals surface area contributed by atoms with E-state index in [1.165, 1.54) is 5.01 Å². The van der Waals surface area contributed by atoms with Crippen LogP contribution in [0.5, 0.6) is 5.75 Å². The third-order valence-corrected chi connectivity index (χ3v) is 8.68. The van der Waals surface area contributed by atoms with Crippen LogP contribution < -0.4 is 5.43 Å². The number of pyridine rings is 1. The first-order valence-electron chi connectivity index (χ1n) is 15.3. The van der Waals surface area contributed by atoms with Crippen LogP contribution in [0.15, 0.2) is 54.7 Å². The number of carbonyl (C=O) groups excluding carboxylic acids is 2. The summed E-state index contributed by atoms with van der Waals surface area (Å²) < 4.78 is 11.6. The molecular weight excluding hydrogens is 570 g/mol. The lowest BCUT2D eigenvalue weighted by Crippen LogP contribution is -2.57. The van der Waals surface area contributed by atoms with Gasteiger partial charge in [0.1, 0.15) is 17.5 Å². The van der Waals surface area contributed by atoms with Crippen molar-refractivity contribution in [2.75, 3.05) is 20.3 Å². The highest BCUT2D eigenvalue weighted by Gasteiger charge is 2.33. The number of hydrogen-bond donors (Lipinski definition) is 4. The Morgan fingerprint density at radius 1 is 1.16 bits per heavy atom. The normalized spacial score (nSPS) is 19.7. The Hall–Kier alpha value is -4.54. The Morgan fingerprint density at radius 3 is 2.78 bits per heavy atom. The van der Waals surface area contributed by atoms with Gasteiger partial charge in [-0.1, -0.05) is 26.0 Å². The van der Waals surface area contributed by atoms with Crippen molar-refractivity contribution in [3.05, 3.63) is 71.5 Å². The van der Waals surface area contributed by atoms with Crippen LogP contribution in [0.2, 0.25) is 0 Å². The molecule has 10 nitrogen and oxygen atoms in total. The predicted octanol–water partition coefficient (Wildman–Crippen LogP) is 5.49. The van der Waals surface area contributed by atoms with Crippen LogP contribution in [0.4, 0.5) is 0 Å². The lowest BCUT2D eigenvalue weighted by Gasteiger charge is -2.33. The Morgan fingerprint density at radius 2 is 1.98 bits per heavy atom. The van der Waals surface area contributed by atoms with Gasteiger partial charge in [0.15, 0.2) is 0 Å². The number of H-pyrrole nitrogens is 1. The zero-order chi connectivity index (χ0) is 31.9. The fourth-order valence-electron chi connectivity index (χ4n) is 6.29. The van der Waals surface area contributed by atoms with E-state index >= 15 is 0 Å². The maximum Gasteiger partial charge on any atom is 0.324 e. The number of rotatable bonds is 3. The van der Waals surface area contributed by atoms with Crippen LogP contribution in [0.3, 0.4) is 0 Å².